The molecule has 1 spiro atoms. The standard InChI is InChI=1S/C23H35N3O6S/c1-4-7-25(9-8-24-10-12-32-13-11-24)20(29)18-23-6-5-22(3,33-23)17(21(30)31)16(23)19(28)26(18)15(2)14-27/h4,15-18,27H,1,5-14H2,2-3H3,(H,30,31)/t15-,16+,17+,18?,22-,23?/m1/s1. The molecule has 0 aromatic rings. The number of fused-ring (bicyclic) bond motifs is 1. The molecular formula is C23H35N3O6S. The summed E-state index contributed by atoms with van der Waals surface area (Å²) in [7, 11) is 0. The maximum Gasteiger partial charge on any atom is 0.308 e. The van der Waals surface area contributed by atoms with Gasteiger partial charge in [0, 0.05) is 37.5 Å². The Bertz CT molecular complexity index is 820. The van der Waals surface area contributed by atoms with E-state index in [2.05, 4.69) is 11.5 Å². The Kier molecular flexibility index (Phi) is 6.83. The highest BCUT2D eigenvalue weighted by Crippen LogP contribution is 2.71. The van der Waals surface area contributed by atoms with Crippen LogP contribution in [0.4, 0.5) is 0 Å². The molecule has 4 fully saturated rings. The predicted octanol–water partition coefficient (Wildman–Crippen LogP) is 0.280. The van der Waals surface area contributed by atoms with Crippen molar-refractivity contribution in [2.75, 3.05) is 52.5 Å². The lowest BCUT2D eigenvalue weighted by Crippen LogP contribution is -2.57. The zero-order chi connectivity index (χ0) is 24.0. The molecule has 0 aromatic carbocycles. The predicted molar refractivity (Wildman–Crippen MR) is 124 cm³/mol. The first-order chi connectivity index (χ1) is 15.7. The van der Waals surface area contributed by atoms with Crippen molar-refractivity contribution in [2.45, 2.75) is 48.3 Å². The summed E-state index contributed by atoms with van der Waals surface area (Å²) >= 11 is 1.52. The third kappa shape index (κ3) is 3.88. The van der Waals surface area contributed by atoms with Crippen molar-refractivity contribution < 1.29 is 29.3 Å². The van der Waals surface area contributed by atoms with Crippen LogP contribution in [0.3, 0.4) is 0 Å². The Morgan fingerprint density at radius 2 is 2.06 bits per heavy atom. The number of aliphatic carboxylic acids is 1. The van der Waals surface area contributed by atoms with Crippen LogP contribution >= 0.6 is 11.8 Å². The average molecular weight is 482 g/mol. The number of likely N-dealkylation sites (tertiary alicyclic amines) is 1. The number of carbonyl (C=O) groups excluding carboxylic acids is 2. The summed E-state index contributed by atoms with van der Waals surface area (Å²) in [5.41, 5.74) is 0. The summed E-state index contributed by atoms with van der Waals surface area (Å²) in [5, 5.41) is 19.9. The number of aliphatic hydroxyl groups is 1. The van der Waals surface area contributed by atoms with Crippen LogP contribution in [0, 0.1) is 11.8 Å². The van der Waals surface area contributed by atoms with E-state index < -0.39 is 39.4 Å². The number of hydrogen-bond donors (Lipinski definition) is 2. The normalized spacial score (nSPS) is 36.6. The van der Waals surface area contributed by atoms with Crippen LogP contribution in [0.15, 0.2) is 12.7 Å². The fraction of sp³-hybridized carbons (Fsp3) is 0.783. The van der Waals surface area contributed by atoms with Crippen molar-refractivity contribution >= 4 is 29.5 Å². The summed E-state index contributed by atoms with van der Waals surface area (Å²) in [6.45, 7) is 11.7. The molecule has 2 unspecified atom stereocenters. The van der Waals surface area contributed by atoms with E-state index >= 15 is 0 Å². The molecular weight excluding hydrogens is 446 g/mol. The lowest BCUT2D eigenvalue weighted by Gasteiger charge is -2.39. The molecule has 33 heavy (non-hydrogen) atoms. The third-order valence-electron chi connectivity index (χ3n) is 7.90. The largest absolute Gasteiger partial charge is 0.481 e. The van der Waals surface area contributed by atoms with Gasteiger partial charge in [-0.1, -0.05) is 6.08 Å². The SMILES string of the molecule is C=CCN(CCN1CCOCC1)C(=O)C1N([C@H](C)CO)C(=O)[C@@H]2[C@@H](C(=O)O)[C@@]3(C)CCC12S3. The van der Waals surface area contributed by atoms with Crippen molar-refractivity contribution in [2.24, 2.45) is 11.8 Å². The van der Waals surface area contributed by atoms with Gasteiger partial charge in [0.05, 0.1) is 42.4 Å². The van der Waals surface area contributed by atoms with Gasteiger partial charge in [-0.3, -0.25) is 19.3 Å². The Balaban J connectivity index is 1.66. The van der Waals surface area contributed by atoms with Gasteiger partial charge in [-0.05, 0) is 26.7 Å². The third-order valence-corrected chi connectivity index (χ3v) is 9.89. The van der Waals surface area contributed by atoms with Crippen LogP contribution in [0.5, 0.6) is 0 Å². The second kappa shape index (κ2) is 9.20. The smallest absolute Gasteiger partial charge is 0.308 e. The van der Waals surface area contributed by atoms with Crippen LogP contribution < -0.4 is 0 Å². The Morgan fingerprint density at radius 1 is 1.36 bits per heavy atom. The zero-order valence-corrected chi connectivity index (χ0v) is 20.3. The van der Waals surface area contributed by atoms with E-state index in [1.165, 1.54) is 16.7 Å². The monoisotopic (exact) mass is 481 g/mol. The first-order valence-corrected chi connectivity index (χ1v) is 12.6. The number of aliphatic hydroxyl groups excluding tert-OH is 1. The Morgan fingerprint density at radius 3 is 2.67 bits per heavy atom. The summed E-state index contributed by atoms with van der Waals surface area (Å²) < 4.78 is 4.05. The van der Waals surface area contributed by atoms with E-state index in [0.717, 1.165) is 13.1 Å². The minimum Gasteiger partial charge on any atom is -0.481 e. The number of rotatable bonds is 9. The molecule has 10 heteroatoms. The van der Waals surface area contributed by atoms with Crippen molar-refractivity contribution in [3.05, 3.63) is 12.7 Å². The van der Waals surface area contributed by atoms with E-state index in [-0.39, 0.29) is 18.4 Å². The molecule has 4 saturated heterocycles. The van der Waals surface area contributed by atoms with Gasteiger partial charge in [0.1, 0.15) is 6.04 Å². The van der Waals surface area contributed by atoms with Crippen LogP contribution in [0.25, 0.3) is 0 Å². The van der Waals surface area contributed by atoms with Gasteiger partial charge in [-0.15, -0.1) is 18.3 Å². The molecule has 6 atom stereocenters. The second-order valence-corrected chi connectivity index (χ2v) is 11.8. The van der Waals surface area contributed by atoms with Crippen molar-refractivity contribution in [1.29, 1.82) is 0 Å². The highest BCUT2D eigenvalue weighted by Gasteiger charge is 2.77. The number of amides is 2. The molecule has 4 aliphatic heterocycles. The van der Waals surface area contributed by atoms with Crippen molar-refractivity contribution in [3.63, 3.8) is 0 Å². The highest BCUT2D eigenvalue weighted by molar-refractivity contribution is 8.02. The fourth-order valence-corrected chi connectivity index (χ4v) is 8.62. The molecule has 184 valence electrons. The average Bonchev–Trinajstić information content (AvgIpc) is 3.37. The number of morpholine rings is 1. The summed E-state index contributed by atoms with van der Waals surface area (Å²) in [5.74, 6) is -3.07. The van der Waals surface area contributed by atoms with Crippen LogP contribution in [0.1, 0.15) is 26.7 Å². The molecule has 2 N–H and O–H groups in total. The van der Waals surface area contributed by atoms with Crippen LogP contribution in [-0.4, -0.2) is 117 Å². The van der Waals surface area contributed by atoms with E-state index in [0.29, 0.717) is 45.7 Å². The van der Waals surface area contributed by atoms with Crippen LogP contribution in [-0.2, 0) is 19.1 Å². The molecule has 4 heterocycles. The van der Waals surface area contributed by atoms with Crippen molar-refractivity contribution in [1.82, 2.24) is 14.7 Å². The molecule has 9 nitrogen and oxygen atoms in total. The summed E-state index contributed by atoms with van der Waals surface area (Å²) in [6, 6.07) is -1.36. The topological polar surface area (TPSA) is 111 Å². The first-order valence-electron chi connectivity index (χ1n) is 11.8. The molecule has 2 bridgehead atoms. The fourth-order valence-electron chi connectivity index (χ4n) is 6.29. The second-order valence-electron chi connectivity index (χ2n) is 9.87. The van der Waals surface area contributed by atoms with E-state index in [1.54, 1.807) is 17.9 Å². The number of hydrogen-bond acceptors (Lipinski definition) is 7. The van der Waals surface area contributed by atoms with E-state index in [4.69, 9.17) is 4.74 Å². The maximum atomic E-state index is 14.1. The maximum absolute atomic E-state index is 14.1. The lowest BCUT2D eigenvalue weighted by molar-refractivity contribution is -0.151. The van der Waals surface area contributed by atoms with Gasteiger partial charge in [0.2, 0.25) is 11.8 Å². The highest BCUT2D eigenvalue weighted by atomic mass is 32.2. The molecule has 0 aliphatic carbocycles. The first kappa shape index (κ1) is 24.5. The Labute approximate surface area is 199 Å². The number of nitrogens with zero attached hydrogens (tertiary/aromatic N) is 3. The van der Waals surface area contributed by atoms with Gasteiger partial charge >= 0.3 is 5.97 Å². The van der Waals surface area contributed by atoms with Crippen molar-refractivity contribution in [3.8, 4) is 0 Å². The lowest BCUT2D eigenvalue weighted by atomic mass is 9.66. The Hall–Kier alpha value is -1.62. The number of ether oxygens (including phenoxy) is 1. The van der Waals surface area contributed by atoms with E-state index in [1.807, 2.05) is 6.92 Å². The molecule has 0 saturated carbocycles. The molecule has 0 aromatic heterocycles. The molecule has 0 radical (unpaired) electrons. The minimum atomic E-state index is -0.982. The van der Waals surface area contributed by atoms with Gasteiger partial charge < -0.3 is 24.7 Å². The molecule has 4 aliphatic rings. The number of carboxylic acid groups (broad SMARTS) is 1. The number of carboxylic acids is 1. The summed E-state index contributed by atoms with van der Waals surface area (Å²) in [4.78, 5) is 45.5. The van der Waals surface area contributed by atoms with Gasteiger partial charge in [0.15, 0.2) is 0 Å². The number of thioether (sulfide) groups is 1. The number of carbonyl (C=O) groups is 3. The quantitative estimate of drug-likeness (QED) is 0.452. The van der Waals surface area contributed by atoms with Gasteiger partial charge in [0.25, 0.3) is 0 Å². The summed E-state index contributed by atoms with van der Waals surface area (Å²) in [6.07, 6.45) is 2.95. The minimum absolute atomic E-state index is 0.179. The van der Waals surface area contributed by atoms with Gasteiger partial charge in [-0.25, -0.2) is 0 Å². The van der Waals surface area contributed by atoms with Gasteiger partial charge in [-0.2, -0.15) is 0 Å². The molecule has 2 amide bonds. The molecule has 4 rings (SSSR count). The van der Waals surface area contributed by atoms with Crippen LogP contribution in [0.2, 0.25) is 0 Å². The van der Waals surface area contributed by atoms with E-state index in [9.17, 15) is 24.6 Å². The zero-order valence-electron chi connectivity index (χ0n) is 19.4.